The van der Waals surface area contributed by atoms with Gasteiger partial charge in [0.1, 0.15) is 6.61 Å². The maximum absolute atomic E-state index is 11.0. The second-order valence-corrected chi connectivity index (χ2v) is 6.66. The summed E-state index contributed by atoms with van der Waals surface area (Å²) in [6.07, 6.45) is 1.14. The Kier molecular flexibility index (Phi) is 5.56. The van der Waals surface area contributed by atoms with Crippen LogP contribution in [0.5, 0.6) is 11.5 Å². The van der Waals surface area contributed by atoms with Gasteiger partial charge in [-0.25, -0.2) is 8.42 Å². The molecule has 7 heteroatoms. The van der Waals surface area contributed by atoms with Crippen LogP contribution in [0.1, 0.15) is 5.56 Å². The number of rotatable bonds is 6. The zero-order valence-corrected chi connectivity index (χ0v) is 12.4. The maximum Gasteiger partial charge on any atom is 0.179 e. The SMILES string of the molecule is COc1cc(CCl)cc(Cl)c1OCCS(C)(=O)=O. The standard InChI is InChI=1S/C11H14Cl2O4S/c1-16-10-6-8(7-12)5-9(13)11(10)17-3-4-18(2,14)15/h5-6H,3-4,7H2,1-2H3. The predicted octanol–water partition coefficient (Wildman–Crippen LogP) is 2.51. The van der Waals surface area contributed by atoms with Crippen LogP contribution < -0.4 is 9.47 Å². The molecule has 0 saturated carbocycles. The molecule has 0 aliphatic rings. The Morgan fingerprint density at radius 3 is 2.50 bits per heavy atom. The average molecular weight is 313 g/mol. The number of methoxy groups -OCH3 is 1. The fourth-order valence-electron chi connectivity index (χ4n) is 1.29. The molecule has 0 aromatic heterocycles. The van der Waals surface area contributed by atoms with E-state index in [0.29, 0.717) is 22.4 Å². The molecule has 0 amide bonds. The van der Waals surface area contributed by atoms with Gasteiger partial charge in [0.2, 0.25) is 0 Å². The normalized spacial score (nSPS) is 11.3. The molecule has 0 aliphatic carbocycles. The fourth-order valence-corrected chi connectivity index (χ4v) is 2.11. The molecule has 1 aromatic carbocycles. The van der Waals surface area contributed by atoms with Crippen LogP contribution in [-0.4, -0.2) is 34.1 Å². The van der Waals surface area contributed by atoms with Gasteiger partial charge in [0.15, 0.2) is 21.3 Å². The highest BCUT2D eigenvalue weighted by Crippen LogP contribution is 2.36. The third kappa shape index (κ3) is 4.55. The topological polar surface area (TPSA) is 52.6 Å². The summed E-state index contributed by atoms with van der Waals surface area (Å²) in [6, 6.07) is 3.36. The van der Waals surface area contributed by atoms with Crippen molar-refractivity contribution in [2.24, 2.45) is 0 Å². The lowest BCUT2D eigenvalue weighted by molar-refractivity contribution is 0.312. The second-order valence-electron chi connectivity index (χ2n) is 3.72. The third-order valence-electron chi connectivity index (χ3n) is 2.14. The van der Waals surface area contributed by atoms with E-state index in [9.17, 15) is 8.42 Å². The number of ether oxygens (including phenoxy) is 2. The molecule has 1 rings (SSSR count). The van der Waals surface area contributed by atoms with Crippen LogP contribution in [0.15, 0.2) is 12.1 Å². The van der Waals surface area contributed by atoms with E-state index in [1.54, 1.807) is 12.1 Å². The van der Waals surface area contributed by atoms with Crippen LogP contribution in [0.4, 0.5) is 0 Å². The quantitative estimate of drug-likeness (QED) is 0.757. The van der Waals surface area contributed by atoms with Gasteiger partial charge in [-0.05, 0) is 17.7 Å². The van der Waals surface area contributed by atoms with E-state index >= 15 is 0 Å². The molecule has 0 fully saturated rings. The molecule has 18 heavy (non-hydrogen) atoms. The first-order valence-corrected chi connectivity index (χ1v) is 8.07. The molecule has 4 nitrogen and oxygen atoms in total. The Hall–Kier alpha value is -0.650. The van der Waals surface area contributed by atoms with E-state index in [1.165, 1.54) is 7.11 Å². The zero-order chi connectivity index (χ0) is 13.8. The van der Waals surface area contributed by atoms with E-state index < -0.39 is 9.84 Å². The molecule has 1 aromatic rings. The Labute approximate surface area is 117 Å². The van der Waals surface area contributed by atoms with E-state index in [2.05, 4.69) is 0 Å². The van der Waals surface area contributed by atoms with Crippen molar-refractivity contribution in [2.45, 2.75) is 5.88 Å². The fraction of sp³-hybridized carbons (Fsp3) is 0.455. The van der Waals surface area contributed by atoms with Crippen molar-refractivity contribution in [1.82, 2.24) is 0 Å². The number of halogens is 2. The van der Waals surface area contributed by atoms with Gasteiger partial charge < -0.3 is 9.47 Å². The van der Waals surface area contributed by atoms with Crippen molar-refractivity contribution in [2.75, 3.05) is 25.7 Å². The number of hydrogen-bond donors (Lipinski definition) is 0. The van der Waals surface area contributed by atoms with Gasteiger partial charge in [0, 0.05) is 12.1 Å². The summed E-state index contributed by atoms with van der Waals surface area (Å²) in [5, 5.41) is 0.346. The van der Waals surface area contributed by atoms with E-state index in [-0.39, 0.29) is 12.4 Å². The summed E-state index contributed by atoms with van der Waals surface area (Å²) in [6.45, 7) is 0.0230. The molecule has 0 unspecified atom stereocenters. The highest BCUT2D eigenvalue weighted by Gasteiger charge is 2.12. The summed E-state index contributed by atoms with van der Waals surface area (Å²) in [4.78, 5) is 0. The van der Waals surface area contributed by atoms with Crippen LogP contribution in [0.3, 0.4) is 0 Å². The van der Waals surface area contributed by atoms with Gasteiger partial charge >= 0.3 is 0 Å². The first kappa shape index (κ1) is 15.4. The third-order valence-corrected chi connectivity index (χ3v) is 3.64. The minimum absolute atomic E-state index is 0.0230. The van der Waals surface area contributed by atoms with Gasteiger partial charge in [-0.3, -0.25) is 0 Å². The Morgan fingerprint density at radius 2 is 2.00 bits per heavy atom. The van der Waals surface area contributed by atoms with Crippen molar-refractivity contribution in [3.63, 3.8) is 0 Å². The van der Waals surface area contributed by atoms with Crippen LogP contribution in [0.2, 0.25) is 5.02 Å². The molecular formula is C11H14Cl2O4S. The Balaban J connectivity index is 2.87. The van der Waals surface area contributed by atoms with Crippen LogP contribution >= 0.6 is 23.2 Å². The van der Waals surface area contributed by atoms with Crippen molar-refractivity contribution in [3.8, 4) is 11.5 Å². The van der Waals surface area contributed by atoms with Crippen LogP contribution in [-0.2, 0) is 15.7 Å². The van der Waals surface area contributed by atoms with Crippen molar-refractivity contribution in [1.29, 1.82) is 0 Å². The molecular weight excluding hydrogens is 299 g/mol. The van der Waals surface area contributed by atoms with Crippen LogP contribution in [0, 0.1) is 0 Å². The molecule has 0 heterocycles. The summed E-state index contributed by atoms with van der Waals surface area (Å²) in [5.41, 5.74) is 0.800. The molecule has 0 saturated heterocycles. The molecule has 0 radical (unpaired) electrons. The predicted molar refractivity (Wildman–Crippen MR) is 72.8 cm³/mol. The van der Waals surface area contributed by atoms with Gasteiger partial charge in [0.05, 0.1) is 17.9 Å². The molecule has 102 valence electrons. The maximum atomic E-state index is 11.0. The lowest BCUT2D eigenvalue weighted by Gasteiger charge is -2.13. The molecule has 0 bridgehead atoms. The lowest BCUT2D eigenvalue weighted by Crippen LogP contribution is -2.12. The highest BCUT2D eigenvalue weighted by molar-refractivity contribution is 7.90. The van der Waals surface area contributed by atoms with E-state index in [4.69, 9.17) is 32.7 Å². The second kappa shape index (κ2) is 6.50. The van der Waals surface area contributed by atoms with Gasteiger partial charge in [0.25, 0.3) is 0 Å². The number of hydrogen-bond acceptors (Lipinski definition) is 4. The molecule has 0 atom stereocenters. The molecule has 0 N–H and O–H groups in total. The minimum atomic E-state index is -3.07. The Morgan fingerprint density at radius 1 is 1.33 bits per heavy atom. The summed E-state index contributed by atoms with van der Waals surface area (Å²) >= 11 is 11.7. The largest absolute Gasteiger partial charge is 0.493 e. The van der Waals surface area contributed by atoms with Crippen molar-refractivity contribution < 1.29 is 17.9 Å². The highest BCUT2D eigenvalue weighted by atomic mass is 35.5. The summed E-state index contributed by atoms with van der Waals surface area (Å²) in [7, 11) is -1.59. The molecule has 0 spiro atoms. The van der Waals surface area contributed by atoms with Gasteiger partial charge in [-0.2, -0.15) is 0 Å². The van der Waals surface area contributed by atoms with Gasteiger partial charge in [-0.1, -0.05) is 11.6 Å². The number of benzene rings is 1. The van der Waals surface area contributed by atoms with Crippen LogP contribution in [0.25, 0.3) is 0 Å². The first-order valence-electron chi connectivity index (χ1n) is 5.10. The van der Waals surface area contributed by atoms with Crippen molar-refractivity contribution >= 4 is 33.0 Å². The minimum Gasteiger partial charge on any atom is -0.493 e. The average Bonchev–Trinajstić information content (AvgIpc) is 2.29. The van der Waals surface area contributed by atoms with Gasteiger partial charge in [-0.15, -0.1) is 11.6 Å². The number of sulfone groups is 1. The lowest BCUT2D eigenvalue weighted by atomic mass is 10.2. The number of alkyl halides is 1. The zero-order valence-electron chi connectivity index (χ0n) is 10.1. The molecule has 0 aliphatic heterocycles. The summed E-state index contributed by atoms with van der Waals surface area (Å²) < 4.78 is 32.5. The van der Waals surface area contributed by atoms with Crippen molar-refractivity contribution in [3.05, 3.63) is 22.7 Å². The van der Waals surface area contributed by atoms with E-state index in [0.717, 1.165) is 11.8 Å². The first-order chi connectivity index (χ1) is 8.37. The monoisotopic (exact) mass is 312 g/mol. The van der Waals surface area contributed by atoms with E-state index in [1.807, 2.05) is 0 Å². The summed E-state index contributed by atoms with van der Waals surface area (Å²) in [5.74, 6) is 0.993. The smallest absolute Gasteiger partial charge is 0.179 e. The Bertz CT molecular complexity index is 514.